The van der Waals surface area contributed by atoms with E-state index in [1.54, 1.807) is 53.9 Å². The minimum Gasteiger partial charge on any atom is -0.497 e. The van der Waals surface area contributed by atoms with Gasteiger partial charge in [-0.05, 0) is 73.7 Å². The number of thiol groups is 1. The molecule has 0 heterocycles. The molecular formula is C26H31F3O5S. The van der Waals surface area contributed by atoms with Gasteiger partial charge in [0.25, 0.3) is 6.36 Å². The van der Waals surface area contributed by atoms with Gasteiger partial charge in [0.1, 0.15) is 11.5 Å². The molecule has 0 aromatic heterocycles. The van der Waals surface area contributed by atoms with Crippen LogP contribution < -0.4 is 9.47 Å². The van der Waals surface area contributed by atoms with Crippen molar-refractivity contribution >= 4 is 24.4 Å². The van der Waals surface area contributed by atoms with Crippen molar-refractivity contribution in [2.45, 2.75) is 58.6 Å². The highest BCUT2D eigenvalue weighted by Crippen LogP contribution is 2.43. The van der Waals surface area contributed by atoms with E-state index in [9.17, 15) is 22.8 Å². The van der Waals surface area contributed by atoms with Crippen molar-refractivity contribution in [3.05, 3.63) is 58.7 Å². The lowest BCUT2D eigenvalue weighted by atomic mass is 9.72. The second-order valence-corrected chi connectivity index (χ2v) is 9.58. The Hall–Kier alpha value is -2.68. The third kappa shape index (κ3) is 6.31. The lowest BCUT2D eigenvalue weighted by molar-refractivity contribution is -0.152. The fourth-order valence-electron chi connectivity index (χ4n) is 4.11. The third-order valence-corrected chi connectivity index (χ3v) is 6.24. The van der Waals surface area contributed by atoms with Gasteiger partial charge in [-0.15, -0.1) is 12.6 Å². The molecule has 0 aliphatic heterocycles. The zero-order valence-corrected chi connectivity index (χ0v) is 21.5. The number of benzene rings is 2. The average Bonchev–Trinajstić information content (AvgIpc) is 2.78. The number of rotatable bonds is 11. The molecule has 192 valence electrons. The van der Waals surface area contributed by atoms with Crippen LogP contribution in [0.25, 0.3) is 0 Å². The second-order valence-electron chi connectivity index (χ2n) is 8.90. The molecule has 9 heteroatoms. The Morgan fingerprint density at radius 2 is 1.54 bits per heavy atom. The maximum atomic E-state index is 14.0. The number of carbonyl (C=O) groups excluding carboxylic acids is 2. The van der Waals surface area contributed by atoms with Crippen LogP contribution in [0.3, 0.4) is 0 Å². The van der Waals surface area contributed by atoms with Crippen LogP contribution in [-0.4, -0.2) is 38.3 Å². The summed E-state index contributed by atoms with van der Waals surface area (Å²) in [5, 5.41) is 0. The molecule has 0 saturated carbocycles. The molecular weight excluding hydrogens is 481 g/mol. The maximum Gasteiger partial charge on any atom is 0.334 e. The minimum absolute atomic E-state index is 0.0184. The van der Waals surface area contributed by atoms with E-state index in [0.717, 1.165) is 5.56 Å². The van der Waals surface area contributed by atoms with Crippen LogP contribution in [0, 0.1) is 19.3 Å². The Balaban J connectivity index is 2.54. The largest absolute Gasteiger partial charge is 0.497 e. The highest BCUT2D eigenvalue weighted by Gasteiger charge is 2.52. The van der Waals surface area contributed by atoms with Crippen molar-refractivity contribution in [2.75, 3.05) is 13.7 Å². The monoisotopic (exact) mass is 512 g/mol. The molecule has 35 heavy (non-hydrogen) atoms. The number of carbonyl (C=O) groups is 2. The molecule has 5 nitrogen and oxygen atoms in total. The van der Waals surface area contributed by atoms with Gasteiger partial charge < -0.3 is 14.2 Å². The predicted octanol–water partition coefficient (Wildman–Crippen LogP) is 5.78. The van der Waals surface area contributed by atoms with E-state index in [1.165, 1.54) is 12.1 Å². The quantitative estimate of drug-likeness (QED) is 0.235. The number of esters is 1. The Kier molecular flexibility index (Phi) is 9.28. The van der Waals surface area contributed by atoms with Gasteiger partial charge in [0.15, 0.2) is 10.5 Å². The lowest BCUT2D eigenvalue weighted by Gasteiger charge is -2.35. The van der Waals surface area contributed by atoms with Gasteiger partial charge in [0, 0.05) is 5.41 Å². The molecule has 2 unspecified atom stereocenters. The van der Waals surface area contributed by atoms with Crippen molar-refractivity contribution in [3.8, 4) is 11.5 Å². The van der Waals surface area contributed by atoms with E-state index in [-0.39, 0.29) is 17.9 Å². The molecule has 2 aromatic carbocycles. The Morgan fingerprint density at radius 1 is 1.00 bits per heavy atom. The third-order valence-electron chi connectivity index (χ3n) is 5.63. The summed E-state index contributed by atoms with van der Waals surface area (Å²) in [4.78, 5) is 27.2. The lowest BCUT2D eigenvalue weighted by Crippen LogP contribution is -2.48. The first kappa shape index (κ1) is 28.6. The summed E-state index contributed by atoms with van der Waals surface area (Å²) in [6.07, 6.45) is -5.83. The van der Waals surface area contributed by atoms with Gasteiger partial charge >= 0.3 is 12.4 Å². The number of ketones is 1. The van der Waals surface area contributed by atoms with Gasteiger partial charge in [0.05, 0.1) is 13.7 Å². The zero-order chi connectivity index (χ0) is 26.6. The number of hydrogen-bond donors (Lipinski definition) is 1. The van der Waals surface area contributed by atoms with Crippen LogP contribution >= 0.6 is 12.6 Å². The van der Waals surface area contributed by atoms with E-state index in [2.05, 4.69) is 17.4 Å². The maximum absolute atomic E-state index is 14.0. The van der Waals surface area contributed by atoms with Crippen molar-refractivity contribution in [1.82, 2.24) is 0 Å². The van der Waals surface area contributed by atoms with Crippen molar-refractivity contribution in [2.24, 2.45) is 5.41 Å². The van der Waals surface area contributed by atoms with E-state index in [0.29, 0.717) is 23.3 Å². The highest BCUT2D eigenvalue weighted by atomic mass is 32.1. The summed E-state index contributed by atoms with van der Waals surface area (Å²) in [7, 11) is 1.55. The van der Waals surface area contributed by atoms with Crippen molar-refractivity contribution in [1.29, 1.82) is 0 Å². The van der Waals surface area contributed by atoms with E-state index >= 15 is 0 Å². The van der Waals surface area contributed by atoms with Crippen molar-refractivity contribution < 1.29 is 37.0 Å². The average molecular weight is 513 g/mol. The predicted molar refractivity (Wildman–Crippen MR) is 130 cm³/mol. The summed E-state index contributed by atoms with van der Waals surface area (Å²) in [5.74, 6) is -0.838. The van der Waals surface area contributed by atoms with Gasteiger partial charge in [-0.1, -0.05) is 26.0 Å². The number of halogens is 3. The SMILES string of the molecule is CCOC(=O)C(S)(C(=O)C(C)(C)Cc1ccc(OC)cc1)c1c(C)cc(OC(F)C(F)F)cc1C. The van der Waals surface area contributed by atoms with Gasteiger partial charge in [0.2, 0.25) is 0 Å². The second kappa shape index (κ2) is 11.4. The highest BCUT2D eigenvalue weighted by molar-refractivity contribution is 7.83. The normalized spacial score (nSPS) is 14.3. The Labute approximate surface area is 209 Å². The minimum atomic E-state index is -3.32. The molecule has 2 rings (SSSR count). The first-order valence-corrected chi connectivity index (χ1v) is 11.5. The number of hydrogen-bond acceptors (Lipinski definition) is 6. The number of alkyl halides is 3. The van der Waals surface area contributed by atoms with E-state index in [1.807, 2.05) is 12.1 Å². The van der Waals surface area contributed by atoms with E-state index < -0.39 is 34.7 Å². The summed E-state index contributed by atoms with van der Waals surface area (Å²) in [6, 6.07) is 9.81. The van der Waals surface area contributed by atoms with Crippen molar-refractivity contribution in [3.63, 3.8) is 0 Å². The molecule has 0 aliphatic rings. The number of aryl methyl sites for hydroxylation is 2. The summed E-state index contributed by atoms with van der Waals surface area (Å²) >= 11 is 4.62. The Bertz CT molecular complexity index is 1030. The van der Waals surface area contributed by atoms with Gasteiger partial charge in [-0.2, -0.15) is 4.39 Å². The molecule has 2 atom stereocenters. The fraction of sp³-hybridized carbons (Fsp3) is 0.462. The van der Waals surface area contributed by atoms with Crippen LogP contribution in [0.15, 0.2) is 36.4 Å². The number of ether oxygens (including phenoxy) is 3. The molecule has 2 aromatic rings. The standard InChI is InChI=1S/C26H31F3O5S/c1-7-33-24(31)26(35,20-15(2)12-19(13-16(20)3)34-22(29)21(27)28)23(30)25(4,5)14-17-8-10-18(32-6)11-9-17/h8-13,21-22,35H,7,14H2,1-6H3. The molecule has 0 fully saturated rings. The zero-order valence-electron chi connectivity index (χ0n) is 20.7. The molecule has 0 amide bonds. The van der Waals surface area contributed by atoms with Gasteiger partial charge in [-0.3, -0.25) is 4.79 Å². The van der Waals surface area contributed by atoms with Crippen LogP contribution in [0.2, 0.25) is 0 Å². The first-order chi connectivity index (χ1) is 16.3. The van der Waals surface area contributed by atoms with E-state index in [4.69, 9.17) is 9.47 Å². The summed E-state index contributed by atoms with van der Waals surface area (Å²) < 4.78 is 51.8. The molecule has 0 aliphatic carbocycles. The molecule has 0 N–H and O–H groups in total. The first-order valence-electron chi connectivity index (χ1n) is 11.1. The molecule has 0 bridgehead atoms. The molecule has 0 saturated heterocycles. The smallest absolute Gasteiger partial charge is 0.334 e. The van der Waals surface area contributed by atoms with Gasteiger partial charge in [-0.25, -0.2) is 13.6 Å². The number of Topliss-reactive ketones (excluding diaryl/α,β-unsaturated/α-hetero) is 1. The van der Waals surface area contributed by atoms with Crippen LogP contribution in [0.1, 0.15) is 43.0 Å². The number of methoxy groups -OCH3 is 1. The Morgan fingerprint density at radius 3 is 2.00 bits per heavy atom. The van der Waals surface area contributed by atoms with Crippen LogP contribution in [-0.2, 0) is 25.5 Å². The summed E-state index contributed by atoms with van der Waals surface area (Å²) in [6.45, 7) is 8.19. The van der Waals surface area contributed by atoms with Crippen LogP contribution in [0.4, 0.5) is 13.2 Å². The fourth-order valence-corrected chi connectivity index (χ4v) is 4.83. The molecule has 0 radical (unpaired) electrons. The topological polar surface area (TPSA) is 61.8 Å². The molecule has 0 spiro atoms. The van der Waals surface area contributed by atoms with Crippen LogP contribution in [0.5, 0.6) is 11.5 Å². The summed E-state index contributed by atoms with van der Waals surface area (Å²) in [5.41, 5.74) is 0.724.